The zero-order valence-electron chi connectivity index (χ0n) is 22.0. The van der Waals surface area contributed by atoms with Gasteiger partial charge in [0.15, 0.2) is 6.10 Å². The van der Waals surface area contributed by atoms with Gasteiger partial charge in [-0.15, -0.1) is 0 Å². The molecule has 3 heterocycles. The van der Waals surface area contributed by atoms with E-state index in [-0.39, 0.29) is 64.2 Å². The van der Waals surface area contributed by atoms with E-state index >= 15 is 0 Å². The van der Waals surface area contributed by atoms with Crippen LogP contribution in [-0.2, 0) is 23.8 Å². The Kier molecular flexibility index (Phi) is 4.84. The molecular weight excluding hydrogens is 446 g/mol. The number of cyclic esters (lactones) is 1. The van der Waals surface area contributed by atoms with E-state index in [1.807, 2.05) is 6.21 Å². The Morgan fingerprint density at radius 1 is 1.14 bits per heavy atom. The molecule has 3 aliphatic carbocycles. The van der Waals surface area contributed by atoms with Gasteiger partial charge in [0.25, 0.3) is 0 Å². The molecular formula is C28H41NO6. The second-order valence-electron chi connectivity index (χ2n) is 13.7. The van der Waals surface area contributed by atoms with E-state index < -0.39 is 17.1 Å². The van der Waals surface area contributed by atoms with Crippen molar-refractivity contribution >= 4 is 18.2 Å². The third kappa shape index (κ3) is 2.67. The van der Waals surface area contributed by atoms with E-state index in [0.29, 0.717) is 13.0 Å². The summed E-state index contributed by atoms with van der Waals surface area (Å²) in [4.78, 5) is 30.3. The maximum atomic E-state index is 13.3. The van der Waals surface area contributed by atoms with Crippen molar-refractivity contribution < 1.29 is 28.9 Å². The third-order valence-electron chi connectivity index (χ3n) is 12.1. The molecule has 0 aromatic heterocycles. The molecule has 6 rings (SSSR count). The first-order valence-electron chi connectivity index (χ1n) is 13.6. The van der Waals surface area contributed by atoms with E-state index in [2.05, 4.69) is 39.6 Å². The van der Waals surface area contributed by atoms with Gasteiger partial charge < -0.3 is 19.3 Å². The molecule has 5 unspecified atom stereocenters. The first-order valence-corrected chi connectivity index (χ1v) is 13.6. The fourth-order valence-electron chi connectivity index (χ4n) is 10.4. The SMILES string of the molecule is CC(=O)O[C@@H]1CC2C(C)(C)[C@H](O)CC[C@]2(C)C2CC[C@@]3(C)[C@H](C4CC=NC4)OC(=O)C4OC43[C@@]21C. The molecule has 0 amide bonds. The average Bonchev–Trinajstić information content (AvgIpc) is 3.35. The number of carbonyl (C=O) groups is 2. The maximum absolute atomic E-state index is 13.3. The van der Waals surface area contributed by atoms with E-state index in [4.69, 9.17) is 14.2 Å². The van der Waals surface area contributed by atoms with Crippen LogP contribution in [-0.4, -0.2) is 59.8 Å². The molecule has 35 heavy (non-hydrogen) atoms. The predicted molar refractivity (Wildman–Crippen MR) is 129 cm³/mol. The molecule has 7 nitrogen and oxygen atoms in total. The molecule has 1 spiro atoms. The highest BCUT2D eigenvalue weighted by atomic mass is 16.7. The van der Waals surface area contributed by atoms with E-state index in [9.17, 15) is 14.7 Å². The molecule has 3 saturated carbocycles. The second kappa shape index (κ2) is 7.09. The molecule has 0 bridgehead atoms. The monoisotopic (exact) mass is 487 g/mol. The highest BCUT2D eigenvalue weighted by molar-refractivity contribution is 5.82. The van der Waals surface area contributed by atoms with Gasteiger partial charge >= 0.3 is 11.9 Å². The van der Waals surface area contributed by atoms with Gasteiger partial charge in [0, 0.05) is 30.2 Å². The molecule has 1 N–H and O–H groups in total. The Balaban J connectivity index is 1.50. The number of ether oxygens (including phenoxy) is 3. The molecule has 2 saturated heterocycles. The number of aliphatic hydroxyl groups is 1. The van der Waals surface area contributed by atoms with Gasteiger partial charge in [-0.3, -0.25) is 9.79 Å². The fourth-order valence-corrected chi connectivity index (χ4v) is 10.4. The molecule has 0 aromatic rings. The summed E-state index contributed by atoms with van der Waals surface area (Å²) >= 11 is 0. The zero-order chi connectivity index (χ0) is 25.2. The largest absolute Gasteiger partial charge is 0.462 e. The quantitative estimate of drug-likeness (QED) is 0.471. The summed E-state index contributed by atoms with van der Waals surface area (Å²) in [6, 6.07) is 0. The van der Waals surface area contributed by atoms with Crippen LogP contribution in [0.15, 0.2) is 4.99 Å². The van der Waals surface area contributed by atoms with Crippen molar-refractivity contribution in [1.29, 1.82) is 0 Å². The number of nitrogens with zero attached hydrogens (tertiary/aromatic N) is 1. The van der Waals surface area contributed by atoms with Gasteiger partial charge in [-0.2, -0.15) is 0 Å². The summed E-state index contributed by atoms with van der Waals surface area (Å²) in [5.41, 5.74) is -1.96. The summed E-state index contributed by atoms with van der Waals surface area (Å²) in [5.74, 6) is -0.000683. The number of fused-ring (bicyclic) bond motifs is 3. The van der Waals surface area contributed by atoms with Crippen molar-refractivity contribution in [2.45, 2.75) is 110 Å². The molecule has 0 aromatic carbocycles. The number of rotatable bonds is 2. The number of epoxide rings is 1. The van der Waals surface area contributed by atoms with Gasteiger partial charge in [0.2, 0.25) is 0 Å². The predicted octanol–water partition coefficient (Wildman–Crippen LogP) is 3.70. The Morgan fingerprint density at radius 3 is 2.54 bits per heavy atom. The van der Waals surface area contributed by atoms with Crippen molar-refractivity contribution in [3.63, 3.8) is 0 Å². The standard InChI is InChI=1S/C28H41NO6/c1-15(30)33-20-13-18-24(2,3)19(31)8-10-25(18,4)17-7-11-26(5)21(16-9-12-29-14-16)34-23(32)22-28(26,35-22)27(17,20)6/h12,16-22,31H,7-11,13-14H2,1-6H3/t16?,17?,18?,19-,20-,21+,22?,25-,26+,27+,28?/m1/s1. The van der Waals surface area contributed by atoms with Crippen molar-refractivity contribution in [1.82, 2.24) is 0 Å². The topological polar surface area (TPSA) is 97.7 Å². The number of aliphatic imine (C=N–C) groups is 1. The number of esters is 2. The lowest BCUT2D eigenvalue weighted by atomic mass is 9.34. The molecule has 0 radical (unpaired) electrons. The van der Waals surface area contributed by atoms with E-state index in [1.165, 1.54) is 6.92 Å². The Hall–Kier alpha value is -1.47. The minimum absolute atomic E-state index is 0.0476. The van der Waals surface area contributed by atoms with Crippen LogP contribution in [0.25, 0.3) is 0 Å². The number of hydrogen-bond acceptors (Lipinski definition) is 7. The highest BCUT2D eigenvalue weighted by Gasteiger charge is 2.88. The third-order valence-corrected chi connectivity index (χ3v) is 12.1. The van der Waals surface area contributed by atoms with Gasteiger partial charge in [-0.25, -0.2) is 4.79 Å². The highest BCUT2D eigenvalue weighted by Crippen LogP contribution is 2.79. The number of aliphatic hydroxyl groups excluding tert-OH is 1. The Morgan fingerprint density at radius 2 is 1.89 bits per heavy atom. The summed E-state index contributed by atoms with van der Waals surface area (Å²) in [6.07, 6.45) is 5.35. The normalized spacial score (nSPS) is 55.6. The summed E-state index contributed by atoms with van der Waals surface area (Å²) < 4.78 is 18.9. The second-order valence-corrected chi connectivity index (χ2v) is 13.7. The molecule has 11 atom stereocenters. The number of carbonyl (C=O) groups excluding carboxylic acids is 2. The van der Waals surface area contributed by atoms with Crippen LogP contribution in [0.4, 0.5) is 0 Å². The lowest BCUT2D eigenvalue weighted by molar-refractivity contribution is -0.276. The number of hydrogen-bond donors (Lipinski definition) is 1. The van der Waals surface area contributed by atoms with Gasteiger partial charge in [-0.05, 0) is 67.4 Å². The first kappa shape index (κ1) is 23.9. The summed E-state index contributed by atoms with van der Waals surface area (Å²) in [6.45, 7) is 13.4. The molecule has 7 heteroatoms. The van der Waals surface area contributed by atoms with Crippen LogP contribution in [0.1, 0.15) is 80.1 Å². The molecule has 194 valence electrons. The average molecular weight is 488 g/mol. The Labute approximate surface area is 208 Å². The van der Waals surface area contributed by atoms with Crippen LogP contribution >= 0.6 is 0 Å². The van der Waals surface area contributed by atoms with Crippen LogP contribution < -0.4 is 0 Å². The van der Waals surface area contributed by atoms with Crippen molar-refractivity contribution in [2.75, 3.05) is 6.54 Å². The first-order chi connectivity index (χ1) is 16.3. The summed E-state index contributed by atoms with van der Waals surface area (Å²) in [7, 11) is 0. The molecule has 5 fully saturated rings. The maximum Gasteiger partial charge on any atom is 0.338 e. The van der Waals surface area contributed by atoms with Crippen molar-refractivity contribution in [2.24, 2.45) is 44.4 Å². The fraction of sp³-hybridized carbons (Fsp3) is 0.893. The van der Waals surface area contributed by atoms with Crippen LogP contribution in [0.5, 0.6) is 0 Å². The van der Waals surface area contributed by atoms with Gasteiger partial charge in [0.05, 0.1) is 6.10 Å². The van der Waals surface area contributed by atoms with Crippen LogP contribution in [0, 0.1) is 39.4 Å². The minimum Gasteiger partial charge on any atom is -0.462 e. The van der Waals surface area contributed by atoms with E-state index in [0.717, 1.165) is 32.1 Å². The minimum atomic E-state index is -0.722. The lowest BCUT2D eigenvalue weighted by Crippen LogP contribution is -2.75. The Bertz CT molecular complexity index is 986. The van der Waals surface area contributed by atoms with Crippen LogP contribution in [0.3, 0.4) is 0 Å². The molecule has 3 aliphatic heterocycles. The lowest BCUT2D eigenvalue weighted by Gasteiger charge is -2.70. The van der Waals surface area contributed by atoms with Gasteiger partial charge in [0.1, 0.15) is 17.8 Å². The zero-order valence-corrected chi connectivity index (χ0v) is 22.0. The summed E-state index contributed by atoms with van der Waals surface area (Å²) in [5, 5.41) is 11.0. The van der Waals surface area contributed by atoms with Crippen molar-refractivity contribution in [3.8, 4) is 0 Å². The van der Waals surface area contributed by atoms with E-state index in [1.54, 1.807) is 0 Å². The molecule has 6 aliphatic rings. The van der Waals surface area contributed by atoms with Gasteiger partial charge in [-0.1, -0.05) is 34.6 Å². The van der Waals surface area contributed by atoms with Crippen molar-refractivity contribution in [3.05, 3.63) is 0 Å². The van der Waals surface area contributed by atoms with Crippen LogP contribution in [0.2, 0.25) is 0 Å². The smallest absolute Gasteiger partial charge is 0.338 e.